The fourth-order valence-corrected chi connectivity index (χ4v) is 2.62. The van der Waals surface area contributed by atoms with Crippen molar-refractivity contribution in [3.8, 4) is 0 Å². The fraction of sp³-hybridized carbons (Fsp3) is 0.467. The van der Waals surface area contributed by atoms with Gasteiger partial charge in [-0.3, -0.25) is 4.90 Å². The summed E-state index contributed by atoms with van der Waals surface area (Å²) < 4.78 is 2.35. The second-order valence-corrected chi connectivity index (χ2v) is 5.10. The Morgan fingerprint density at radius 2 is 2.06 bits per heavy atom. The normalized spacial score (nSPS) is 15.9. The molecule has 0 N–H and O–H groups in total. The molecular formula is C15H20N2. The van der Waals surface area contributed by atoms with Gasteiger partial charge in [-0.25, -0.2) is 0 Å². The van der Waals surface area contributed by atoms with Crippen LogP contribution in [0.25, 0.3) is 10.9 Å². The topological polar surface area (TPSA) is 8.17 Å². The summed E-state index contributed by atoms with van der Waals surface area (Å²) in [7, 11) is 2.25. The van der Waals surface area contributed by atoms with E-state index >= 15 is 0 Å². The zero-order valence-corrected chi connectivity index (χ0v) is 10.7. The number of fused-ring (bicyclic) bond motifs is 1. The van der Waals surface area contributed by atoms with Gasteiger partial charge in [0.2, 0.25) is 0 Å². The van der Waals surface area contributed by atoms with E-state index in [1.807, 2.05) is 0 Å². The Balaban J connectivity index is 1.97. The monoisotopic (exact) mass is 228 g/mol. The molecule has 1 aromatic heterocycles. The Labute approximate surface area is 103 Å². The molecule has 1 aliphatic rings. The molecule has 17 heavy (non-hydrogen) atoms. The Morgan fingerprint density at radius 1 is 1.29 bits per heavy atom. The summed E-state index contributed by atoms with van der Waals surface area (Å²) in [4.78, 5) is 2.49. The molecule has 0 aliphatic heterocycles. The van der Waals surface area contributed by atoms with Gasteiger partial charge in [0.05, 0.1) is 0 Å². The van der Waals surface area contributed by atoms with Gasteiger partial charge < -0.3 is 4.57 Å². The van der Waals surface area contributed by atoms with Crippen molar-refractivity contribution in [3.05, 3.63) is 36.0 Å². The molecule has 2 aromatic rings. The van der Waals surface area contributed by atoms with Crippen molar-refractivity contribution in [1.29, 1.82) is 0 Å². The van der Waals surface area contributed by atoms with Crippen molar-refractivity contribution in [2.75, 3.05) is 7.05 Å². The molecule has 1 fully saturated rings. The van der Waals surface area contributed by atoms with Crippen LogP contribution < -0.4 is 0 Å². The van der Waals surface area contributed by atoms with Gasteiger partial charge in [0.1, 0.15) is 0 Å². The van der Waals surface area contributed by atoms with E-state index in [1.165, 1.54) is 29.3 Å². The van der Waals surface area contributed by atoms with Crippen molar-refractivity contribution in [2.24, 2.45) is 0 Å². The van der Waals surface area contributed by atoms with Crippen LogP contribution in [0.2, 0.25) is 0 Å². The Bertz CT molecular complexity index is 523. The van der Waals surface area contributed by atoms with Crippen molar-refractivity contribution in [1.82, 2.24) is 9.47 Å². The molecule has 0 unspecified atom stereocenters. The molecule has 1 aliphatic carbocycles. The minimum atomic E-state index is 0.832. The number of para-hydroxylation sites is 1. The molecule has 0 spiro atoms. The molecule has 1 aromatic carbocycles. The van der Waals surface area contributed by atoms with Crippen LogP contribution in [0.4, 0.5) is 0 Å². The first-order valence-electron chi connectivity index (χ1n) is 6.56. The van der Waals surface area contributed by atoms with E-state index in [4.69, 9.17) is 0 Å². The second-order valence-electron chi connectivity index (χ2n) is 5.10. The van der Waals surface area contributed by atoms with Gasteiger partial charge in [0.15, 0.2) is 0 Å². The maximum absolute atomic E-state index is 2.49. The molecule has 90 valence electrons. The smallest absolute Gasteiger partial charge is 0.0483 e. The zero-order valence-electron chi connectivity index (χ0n) is 10.7. The van der Waals surface area contributed by atoms with E-state index in [9.17, 15) is 0 Å². The second kappa shape index (κ2) is 4.19. The maximum atomic E-state index is 2.49. The largest absolute Gasteiger partial charge is 0.347 e. The van der Waals surface area contributed by atoms with Crippen LogP contribution in [0.1, 0.15) is 25.3 Å². The van der Waals surface area contributed by atoms with Crippen molar-refractivity contribution in [2.45, 2.75) is 38.9 Å². The maximum Gasteiger partial charge on any atom is 0.0483 e. The highest BCUT2D eigenvalue weighted by atomic mass is 15.2. The standard InChI is InChI=1S/C15H20N2/c1-3-17-11-12(10-16(2)13-8-9-13)14-6-4-5-7-15(14)17/h4-7,11,13H,3,8-10H2,1-2H3. The quantitative estimate of drug-likeness (QED) is 0.780. The van der Waals surface area contributed by atoms with Gasteiger partial charge in [-0.2, -0.15) is 0 Å². The fourth-order valence-electron chi connectivity index (χ4n) is 2.62. The Kier molecular flexibility index (Phi) is 2.67. The summed E-state index contributed by atoms with van der Waals surface area (Å²) in [5, 5.41) is 1.42. The van der Waals surface area contributed by atoms with Gasteiger partial charge in [-0.15, -0.1) is 0 Å². The van der Waals surface area contributed by atoms with Gasteiger partial charge in [0, 0.05) is 36.2 Å². The van der Waals surface area contributed by atoms with Crippen LogP contribution in [-0.2, 0) is 13.1 Å². The molecule has 0 bridgehead atoms. The van der Waals surface area contributed by atoms with Crippen molar-refractivity contribution < 1.29 is 0 Å². The molecule has 1 saturated carbocycles. The number of aryl methyl sites for hydroxylation is 1. The molecule has 0 amide bonds. The highest BCUT2D eigenvalue weighted by Crippen LogP contribution is 2.29. The van der Waals surface area contributed by atoms with E-state index in [0.717, 1.165) is 19.1 Å². The number of aromatic nitrogens is 1. The van der Waals surface area contributed by atoms with Crippen LogP contribution in [0, 0.1) is 0 Å². The van der Waals surface area contributed by atoms with Crippen LogP contribution in [0.3, 0.4) is 0 Å². The van der Waals surface area contributed by atoms with E-state index < -0.39 is 0 Å². The lowest BCUT2D eigenvalue weighted by Gasteiger charge is -2.14. The predicted molar refractivity (Wildman–Crippen MR) is 72.1 cm³/mol. The Morgan fingerprint density at radius 3 is 2.76 bits per heavy atom. The summed E-state index contributed by atoms with van der Waals surface area (Å²) in [6, 6.07) is 9.57. The van der Waals surface area contributed by atoms with Crippen molar-refractivity contribution >= 4 is 10.9 Å². The lowest BCUT2D eigenvalue weighted by molar-refractivity contribution is 0.317. The van der Waals surface area contributed by atoms with Gasteiger partial charge >= 0.3 is 0 Å². The van der Waals surface area contributed by atoms with E-state index in [0.29, 0.717) is 0 Å². The first-order valence-corrected chi connectivity index (χ1v) is 6.56. The molecule has 3 rings (SSSR count). The number of hydrogen-bond donors (Lipinski definition) is 0. The third-order valence-electron chi connectivity index (χ3n) is 3.80. The summed E-state index contributed by atoms with van der Waals surface area (Å²) in [5.74, 6) is 0. The van der Waals surface area contributed by atoms with Crippen LogP contribution in [0.5, 0.6) is 0 Å². The molecule has 0 saturated heterocycles. The lowest BCUT2D eigenvalue weighted by Crippen LogP contribution is -2.19. The first-order chi connectivity index (χ1) is 8.29. The van der Waals surface area contributed by atoms with Crippen LogP contribution >= 0.6 is 0 Å². The number of hydrogen-bond acceptors (Lipinski definition) is 1. The van der Waals surface area contributed by atoms with Gasteiger partial charge in [-0.05, 0) is 38.4 Å². The summed E-state index contributed by atoms with van der Waals surface area (Å²) in [5.41, 5.74) is 2.84. The average molecular weight is 228 g/mol. The molecular weight excluding hydrogens is 208 g/mol. The van der Waals surface area contributed by atoms with Crippen LogP contribution in [0.15, 0.2) is 30.5 Å². The molecule has 0 atom stereocenters. The zero-order chi connectivity index (χ0) is 11.8. The van der Waals surface area contributed by atoms with E-state index in [-0.39, 0.29) is 0 Å². The number of rotatable bonds is 4. The highest BCUT2D eigenvalue weighted by molar-refractivity contribution is 5.83. The minimum absolute atomic E-state index is 0.832. The molecule has 0 radical (unpaired) electrons. The van der Waals surface area contributed by atoms with E-state index in [2.05, 4.69) is 53.9 Å². The van der Waals surface area contributed by atoms with E-state index in [1.54, 1.807) is 0 Å². The predicted octanol–water partition coefficient (Wildman–Crippen LogP) is 3.26. The van der Waals surface area contributed by atoms with Crippen molar-refractivity contribution in [3.63, 3.8) is 0 Å². The summed E-state index contributed by atoms with van der Waals surface area (Å²) >= 11 is 0. The average Bonchev–Trinajstić information content (AvgIpc) is 3.14. The highest BCUT2D eigenvalue weighted by Gasteiger charge is 2.26. The van der Waals surface area contributed by atoms with Gasteiger partial charge in [-0.1, -0.05) is 18.2 Å². The van der Waals surface area contributed by atoms with Crippen LogP contribution in [-0.4, -0.2) is 22.6 Å². The summed E-state index contributed by atoms with van der Waals surface area (Å²) in [6.07, 6.45) is 5.08. The third-order valence-corrected chi connectivity index (χ3v) is 3.80. The van der Waals surface area contributed by atoms with Gasteiger partial charge in [0.25, 0.3) is 0 Å². The Hall–Kier alpha value is -1.28. The number of nitrogens with zero attached hydrogens (tertiary/aromatic N) is 2. The molecule has 2 nitrogen and oxygen atoms in total. The third kappa shape index (κ3) is 1.98. The lowest BCUT2D eigenvalue weighted by atomic mass is 10.1. The summed E-state index contributed by atoms with van der Waals surface area (Å²) in [6.45, 7) is 4.34. The molecule has 2 heteroatoms. The minimum Gasteiger partial charge on any atom is -0.347 e. The number of benzene rings is 1. The first kappa shape index (κ1) is 10.8. The SMILES string of the molecule is CCn1cc(CN(C)C2CC2)c2ccccc21. The molecule has 1 heterocycles.